The SMILES string of the molecule is CC(C)c1cc(C(C)C)c([SH2+])c(C(C)C)c1.[Cl-]. The van der Waals surface area contributed by atoms with Crippen LogP contribution in [0.2, 0.25) is 0 Å². The van der Waals surface area contributed by atoms with Crippen LogP contribution in [0, 0.1) is 0 Å². The van der Waals surface area contributed by atoms with Crippen molar-refractivity contribution in [1.29, 1.82) is 0 Å². The number of rotatable bonds is 3. The van der Waals surface area contributed by atoms with Crippen LogP contribution in [-0.4, -0.2) is 0 Å². The Balaban J connectivity index is 0.00000256. The third-order valence-electron chi connectivity index (χ3n) is 3.13. The van der Waals surface area contributed by atoms with Gasteiger partial charge in [-0.05, 0) is 35.9 Å². The van der Waals surface area contributed by atoms with Crippen LogP contribution >= 0.6 is 0 Å². The maximum absolute atomic E-state index is 3.82. The molecule has 0 aliphatic heterocycles. The van der Waals surface area contributed by atoms with Crippen molar-refractivity contribution in [3.05, 3.63) is 28.8 Å². The third kappa shape index (κ3) is 3.93. The first-order valence-corrected chi connectivity index (χ1v) is 6.73. The molecular formula is C15H25ClS. The normalized spacial score (nSPS) is 11.2. The zero-order valence-electron chi connectivity index (χ0n) is 11.8. The van der Waals surface area contributed by atoms with Crippen molar-refractivity contribution >= 4 is 12.6 Å². The first-order chi connectivity index (χ1) is 7.34. The molecule has 0 aromatic heterocycles. The van der Waals surface area contributed by atoms with Crippen molar-refractivity contribution in [2.75, 3.05) is 0 Å². The molecule has 1 aromatic carbocycles. The van der Waals surface area contributed by atoms with E-state index in [2.05, 4.69) is 66.3 Å². The van der Waals surface area contributed by atoms with Gasteiger partial charge < -0.3 is 12.4 Å². The molecule has 0 spiro atoms. The third-order valence-corrected chi connectivity index (χ3v) is 3.71. The molecule has 0 bridgehead atoms. The Morgan fingerprint density at radius 2 is 1.12 bits per heavy atom. The van der Waals surface area contributed by atoms with Crippen molar-refractivity contribution in [3.63, 3.8) is 0 Å². The van der Waals surface area contributed by atoms with Crippen molar-refractivity contribution in [3.8, 4) is 0 Å². The molecule has 0 fully saturated rings. The summed E-state index contributed by atoms with van der Waals surface area (Å²) in [6.45, 7) is 13.6. The lowest BCUT2D eigenvalue weighted by Crippen LogP contribution is -3.00. The van der Waals surface area contributed by atoms with Gasteiger partial charge in [-0.25, -0.2) is 0 Å². The number of hydrogen-bond acceptors (Lipinski definition) is 0. The highest BCUT2D eigenvalue weighted by molar-refractivity contribution is 7.59. The molecule has 98 valence electrons. The summed E-state index contributed by atoms with van der Waals surface area (Å²) in [6, 6.07) is 4.70. The standard InChI is InChI=1S/C15H24S.ClH/c1-9(2)12-7-13(10(3)4)15(16)14(8-12)11(5)6;/h7-11,16H,1-6H3;1H. The van der Waals surface area contributed by atoms with E-state index in [9.17, 15) is 0 Å². The lowest BCUT2D eigenvalue weighted by molar-refractivity contribution is -0.00000369. The fourth-order valence-electron chi connectivity index (χ4n) is 1.96. The molecule has 0 atom stereocenters. The van der Waals surface area contributed by atoms with E-state index in [0.29, 0.717) is 17.8 Å². The summed E-state index contributed by atoms with van der Waals surface area (Å²) in [5.41, 5.74) is 4.33. The molecule has 0 saturated carbocycles. The smallest absolute Gasteiger partial charge is 0.157 e. The van der Waals surface area contributed by atoms with E-state index in [1.165, 1.54) is 21.6 Å². The van der Waals surface area contributed by atoms with Crippen LogP contribution < -0.4 is 12.4 Å². The lowest BCUT2D eigenvalue weighted by atomic mass is 9.89. The van der Waals surface area contributed by atoms with Gasteiger partial charge in [-0.2, -0.15) is 0 Å². The van der Waals surface area contributed by atoms with E-state index < -0.39 is 0 Å². The number of hydrogen-bond donors (Lipinski definition) is 0. The Morgan fingerprint density at radius 3 is 1.35 bits per heavy atom. The molecule has 2 heteroatoms. The molecule has 1 rings (SSSR count). The quantitative estimate of drug-likeness (QED) is 0.731. The highest BCUT2D eigenvalue weighted by Crippen LogP contribution is 2.31. The Labute approximate surface area is 118 Å². The van der Waals surface area contributed by atoms with Crippen molar-refractivity contribution in [1.82, 2.24) is 0 Å². The van der Waals surface area contributed by atoms with Gasteiger partial charge in [-0.1, -0.05) is 53.7 Å². The van der Waals surface area contributed by atoms with Crippen LogP contribution in [0.4, 0.5) is 0 Å². The Hall–Kier alpha value is -0.140. The molecule has 0 amide bonds. The van der Waals surface area contributed by atoms with Gasteiger partial charge in [0.05, 0.1) is 0 Å². The average Bonchev–Trinajstić information content (AvgIpc) is 2.16. The minimum absolute atomic E-state index is 0. The summed E-state index contributed by atoms with van der Waals surface area (Å²) in [7, 11) is 0. The zero-order valence-corrected chi connectivity index (χ0v) is 13.5. The van der Waals surface area contributed by atoms with Crippen LogP contribution in [0.1, 0.15) is 76.0 Å². The summed E-state index contributed by atoms with van der Waals surface area (Å²) in [4.78, 5) is 1.30. The average molecular weight is 273 g/mol. The predicted molar refractivity (Wildman–Crippen MR) is 77.1 cm³/mol. The minimum Gasteiger partial charge on any atom is -1.00 e. The molecule has 0 N–H and O–H groups in total. The summed E-state index contributed by atoms with van der Waals surface area (Å²) >= 11 is 3.82. The predicted octanol–water partition coefficient (Wildman–Crippen LogP) is 1.43. The number of halogens is 1. The molecule has 1 aromatic rings. The van der Waals surface area contributed by atoms with Gasteiger partial charge in [0, 0.05) is 11.1 Å². The first kappa shape index (κ1) is 16.9. The highest BCUT2D eigenvalue weighted by atomic mass is 35.5. The van der Waals surface area contributed by atoms with E-state index in [4.69, 9.17) is 0 Å². The summed E-state index contributed by atoms with van der Waals surface area (Å²) in [5, 5.41) is 0. The fraction of sp³-hybridized carbons (Fsp3) is 0.600. The van der Waals surface area contributed by atoms with Crippen LogP contribution in [0.3, 0.4) is 0 Å². The Kier molecular flexibility index (Phi) is 6.65. The van der Waals surface area contributed by atoms with Gasteiger partial charge in [-0.15, -0.1) is 0 Å². The topological polar surface area (TPSA) is 0 Å². The van der Waals surface area contributed by atoms with Crippen molar-refractivity contribution in [2.24, 2.45) is 0 Å². The van der Waals surface area contributed by atoms with Crippen LogP contribution in [-0.2, 0) is 12.6 Å². The van der Waals surface area contributed by atoms with Gasteiger partial charge in [0.1, 0.15) is 0 Å². The molecule has 0 radical (unpaired) electrons. The molecule has 0 aliphatic carbocycles. The van der Waals surface area contributed by atoms with E-state index in [-0.39, 0.29) is 12.4 Å². The van der Waals surface area contributed by atoms with Gasteiger partial charge in [0.15, 0.2) is 4.90 Å². The second-order valence-electron chi connectivity index (χ2n) is 5.54. The van der Waals surface area contributed by atoms with Gasteiger partial charge >= 0.3 is 0 Å². The maximum atomic E-state index is 3.82. The van der Waals surface area contributed by atoms with Gasteiger partial charge in [-0.3, -0.25) is 0 Å². The van der Waals surface area contributed by atoms with E-state index >= 15 is 0 Å². The summed E-state index contributed by atoms with van der Waals surface area (Å²) < 4.78 is 0. The van der Waals surface area contributed by atoms with E-state index in [1.54, 1.807) is 0 Å². The van der Waals surface area contributed by atoms with E-state index in [0.717, 1.165) is 0 Å². The lowest BCUT2D eigenvalue weighted by Gasteiger charge is -2.16. The van der Waals surface area contributed by atoms with Crippen LogP contribution in [0.25, 0.3) is 0 Å². The molecular weight excluding hydrogens is 248 g/mol. The Bertz CT molecular complexity index is 338. The largest absolute Gasteiger partial charge is 1.00 e. The summed E-state index contributed by atoms with van der Waals surface area (Å²) in [5.74, 6) is 1.75. The molecule has 0 saturated heterocycles. The molecule has 17 heavy (non-hydrogen) atoms. The fourth-order valence-corrected chi connectivity index (χ4v) is 2.68. The van der Waals surface area contributed by atoms with Crippen LogP contribution in [0.15, 0.2) is 17.0 Å². The Morgan fingerprint density at radius 1 is 0.765 bits per heavy atom. The van der Waals surface area contributed by atoms with Crippen molar-refractivity contribution in [2.45, 2.75) is 64.2 Å². The van der Waals surface area contributed by atoms with Gasteiger partial charge in [0.2, 0.25) is 0 Å². The second-order valence-corrected chi connectivity index (χ2v) is 6.04. The molecule has 0 unspecified atom stereocenters. The molecule has 0 aliphatic rings. The zero-order chi connectivity index (χ0) is 12.5. The highest BCUT2D eigenvalue weighted by Gasteiger charge is 2.18. The molecule has 0 heterocycles. The maximum Gasteiger partial charge on any atom is 0.157 e. The van der Waals surface area contributed by atoms with Crippen molar-refractivity contribution < 1.29 is 12.4 Å². The minimum atomic E-state index is 0. The van der Waals surface area contributed by atoms with E-state index in [1.807, 2.05) is 0 Å². The number of benzene rings is 1. The summed E-state index contributed by atoms with van der Waals surface area (Å²) in [6.07, 6.45) is 0. The van der Waals surface area contributed by atoms with Gasteiger partial charge in [0.25, 0.3) is 0 Å². The first-order valence-electron chi connectivity index (χ1n) is 6.23. The molecule has 0 nitrogen and oxygen atoms in total. The second kappa shape index (κ2) is 6.70. The monoisotopic (exact) mass is 272 g/mol. The van der Waals surface area contributed by atoms with Crippen LogP contribution in [0.5, 0.6) is 0 Å².